The number of rotatable bonds is 8. The van der Waals surface area contributed by atoms with E-state index in [0.717, 1.165) is 24.9 Å². The van der Waals surface area contributed by atoms with Gasteiger partial charge in [-0.3, -0.25) is 19.3 Å². The standard InChI is InChI=1S/C22H29N5O4/c1-3-26-13-8-18(24-26)21(28)25-11-6-17(7-12-25)27-19(16-4-9-23-10-5-16)20(22(27)29)31-15-14-30-2/h4-5,8-10,13,17,19-20H,3,6-7,11-12,14-15H2,1-2H3. The number of β-lactam (4-membered cyclic amide) rings is 1. The van der Waals surface area contributed by atoms with Crippen LogP contribution in [-0.2, 0) is 20.8 Å². The zero-order valence-electron chi connectivity index (χ0n) is 18.0. The molecule has 2 amide bonds. The Morgan fingerprint density at radius 3 is 2.55 bits per heavy atom. The second kappa shape index (κ2) is 9.57. The third kappa shape index (κ3) is 4.33. The Bertz CT molecular complexity index is 894. The van der Waals surface area contributed by atoms with E-state index in [1.807, 2.05) is 35.1 Å². The lowest BCUT2D eigenvalue weighted by atomic mass is 9.86. The van der Waals surface area contributed by atoms with E-state index in [4.69, 9.17) is 9.47 Å². The van der Waals surface area contributed by atoms with E-state index in [2.05, 4.69) is 10.1 Å². The van der Waals surface area contributed by atoms with E-state index in [1.54, 1.807) is 30.3 Å². The smallest absolute Gasteiger partial charge is 0.274 e. The highest BCUT2D eigenvalue weighted by Crippen LogP contribution is 2.40. The molecule has 166 valence electrons. The van der Waals surface area contributed by atoms with Crippen molar-refractivity contribution in [2.45, 2.75) is 44.5 Å². The molecule has 2 aromatic rings. The molecule has 31 heavy (non-hydrogen) atoms. The average Bonchev–Trinajstić information content (AvgIpc) is 3.30. The minimum atomic E-state index is -0.504. The molecule has 0 saturated carbocycles. The number of ether oxygens (including phenoxy) is 2. The second-order valence-electron chi connectivity index (χ2n) is 7.84. The third-order valence-corrected chi connectivity index (χ3v) is 6.05. The highest BCUT2D eigenvalue weighted by molar-refractivity contribution is 5.92. The Hall–Kier alpha value is -2.78. The van der Waals surface area contributed by atoms with Crippen molar-refractivity contribution in [3.05, 3.63) is 48.0 Å². The van der Waals surface area contributed by atoms with Gasteiger partial charge in [-0.2, -0.15) is 5.10 Å². The SMILES string of the molecule is CCn1ccc(C(=O)N2CCC(N3C(=O)C(OCCOC)C3c3ccncc3)CC2)n1. The normalized spacial score (nSPS) is 21.9. The fourth-order valence-electron chi connectivity index (χ4n) is 4.37. The van der Waals surface area contributed by atoms with Crippen LogP contribution in [0.25, 0.3) is 0 Å². The summed E-state index contributed by atoms with van der Waals surface area (Å²) in [5, 5.41) is 4.32. The predicted molar refractivity (Wildman–Crippen MR) is 112 cm³/mol. The molecule has 2 fully saturated rings. The van der Waals surface area contributed by atoms with Gasteiger partial charge in [0.2, 0.25) is 0 Å². The van der Waals surface area contributed by atoms with E-state index in [9.17, 15) is 9.59 Å². The highest BCUT2D eigenvalue weighted by atomic mass is 16.5. The first-order chi connectivity index (χ1) is 15.1. The van der Waals surface area contributed by atoms with Crippen molar-refractivity contribution in [3.63, 3.8) is 0 Å². The Kier molecular flexibility index (Phi) is 6.62. The molecular formula is C22H29N5O4. The van der Waals surface area contributed by atoms with Gasteiger partial charge < -0.3 is 19.3 Å². The summed E-state index contributed by atoms with van der Waals surface area (Å²) in [6, 6.07) is 5.56. The van der Waals surface area contributed by atoms with Crippen molar-refractivity contribution in [1.29, 1.82) is 0 Å². The first kappa shape index (κ1) is 21.5. The van der Waals surface area contributed by atoms with Crippen molar-refractivity contribution in [2.24, 2.45) is 0 Å². The number of nitrogens with zero attached hydrogens (tertiary/aromatic N) is 5. The number of piperidine rings is 1. The Balaban J connectivity index is 1.41. The van der Waals surface area contributed by atoms with Crippen LogP contribution in [-0.4, -0.2) is 81.9 Å². The summed E-state index contributed by atoms with van der Waals surface area (Å²) in [4.78, 5) is 33.6. The van der Waals surface area contributed by atoms with Crippen LogP contribution in [0.4, 0.5) is 0 Å². The number of likely N-dealkylation sites (tertiary alicyclic amines) is 2. The largest absolute Gasteiger partial charge is 0.382 e. The van der Waals surface area contributed by atoms with Crippen LogP contribution < -0.4 is 0 Å². The molecule has 2 aliphatic rings. The molecule has 0 aromatic carbocycles. The maximum absolute atomic E-state index is 13.0. The number of carbonyl (C=O) groups is 2. The second-order valence-corrected chi connectivity index (χ2v) is 7.84. The fourth-order valence-corrected chi connectivity index (χ4v) is 4.37. The number of pyridine rings is 1. The van der Waals surface area contributed by atoms with Gasteiger partial charge in [0.25, 0.3) is 11.8 Å². The minimum absolute atomic E-state index is 0.00406. The summed E-state index contributed by atoms with van der Waals surface area (Å²) >= 11 is 0. The van der Waals surface area contributed by atoms with Crippen LogP contribution in [0.3, 0.4) is 0 Å². The van der Waals surface area contributed by atoms with E-state index in [-0.39, 0.29) is 23.9 Å². The van der Waals surface area contributed by atoms with Crippen LogP contribution in [0, 0.1) is 0 Å². The van der Waals surface area contributed by atoms with Crippen molar-refractivity contribution >= 4 is 11.8 Å². The first-order valence-electron chi connectivity index (χ1n) is 10.8. The molecule has 0 aliphatic carbocycles. The molecular weight excluding hydrogens is 398 g/mol. The summed E-state index contributed by atoms with van der Waals surface area (Å²) in [5.74, 6) is -0.0450. The van der Waals surface area contributed by atoms with E-state index < -0.39 is 6.10 Å². The number of aryl methyl sites for hydroxylation is 1. The first-order valence-corrected chi connectivity index (χ1v) is 10.8. The van der Waals surface area contributed by atoms with Crippen LogP contribution >= 0.6 is 0 Å². The number of carbonyl (C=O) groups excluding carboxylic acids is 2. The molecule has 2 atom stereocenters. The molecule has 2 saturated heterocycles. The number of methoxy groups -OCH3 is 1. The lowest BCUT2D eigenvalue weighted by Gasteiger charge is -2.52. The van der Waals surface area contributed by atoms with Crippen LogP contribution in [0.2, 0.25) is 0 Å². The molecule has 9 heteroatoms. The molecule has 9 nitrogen and oxygen atoms in total. The van der Waals surface area contributed by atoms with Crippen molar-refractivity contribution in [3.8, 4) is 0 Å². The Morgan fingerprint density at radius 1 is 1.16 bits per heavy atom. The van der Waals surface area contributed by atoms with Gasteiger partial charge in [0, 0.05) is 51.4 Å². The number of hydrogen-bond donors (Lipinski definition) is 0. The summed E-state index contributed by atoms with van der Waals surface area (Å²) in [6.07, 6.45) is 6.26. The number of aromatic nitrogens is 3. The maximum atomic E-state index is 13.0. The van der Waals surface area contributed by atoms with Gasteiger partial charge in [0.15, 0.2) is 6.10 Å². The molecule has 4 heterocycles. The summed E-state index contributed by atoms with van der Waals surface area (Å²) < 4.78 is 12.6. The Labute approximate surface area is 181 Å². The van der Waals surface area contributed by atoms with Gasteiger partial charge in [-0.25, -0.2) is 0 Å². The van der Waals surface area contributed by atoms with Gasteiger partial charge in [0.1, 0.15) is 5.69 Å². The summed E-state index contributed by atoms with van der Waals surface area (Å²) in [5.41, 5.74) is 1.49. The number of hydrogen-bond acceptors (Lipinski definition) is 6. The van der Waals surface area contributed by atoms with E-state index in [0.29, 0.717) is 32.0 Å². The molecule has 0 bridgehead atoms. The van der Waals surface area contributed by atoms with Crippen molar-refractivity contribution < 1.29 is 19.1 Å². The zero-order chi connectivity index (χ0) is 21.8. The monoisotopic (exact) mass is 427 g/mol. The molecule has 0 N–H and O–H groups in total. The summed E-state index contributed by atoms with van der Waals surface area (Å²) in [7, 11) is 1.61. The lowest BCUT2D eigenvalue weighted by Crippen LogP contribution is -2.65. The quantitative estimate of drug-likeness (QED) is 0.469. The van der Waals surface area contributed by atoms with E-state index >= 15 is 0 Å². The third-order valence-electron chi connectivity index (χ3n) is 6.05. The van der Waals surface area contributed by atoms with Crippen LogP contribution in [0.5, 0.6) is 0 Å². The molecule has 2 aliphatic heterocycles. The fraction of sp³-hybridized carbons (Fsp3) is 0.545. The van der Waals surface area contributed by atoms with Crippen LogP contribution in [0.1, 0.15) is 41.9 Å². The number of amides is 2. The summed E-state index contributed by atoms with van der Waals surface area (Å²) in [6.45, 7) is 4.74. The van der Waals surface area contributed by atoms with Gasteiger partial charge in [-0.1, -0.05) is 0 Å². The maximum Gasteiger partial charge on any atom is 0.274 e. The highest BCUT2D eigenvalue weighted by Gasteiger charge is 2.52. The molecule has 2 unspecified atom stereocenters. The van der Waals surface area contributed by atoms with Crippen LogP contribution in [0.15, 0.2) is 36.8 Å². The van der Waals surface area contributed by atoms with E-state index in [1.165, 1.54) is 0 Å². The lowest BCUT2D eigenvalue weighted by molar-refractivity contribution is -0.183. The van der Waals surface area contributed by atoms with Crippen molar-refractivity contribution in [2.75, 3.05) is 33.4 Å². The molecule has 0 radical (unpaired) electrons. The average molecular weight is 428 g/mol. The molecule has 2 aromatic heterocycles. The van der Waals surface area contributed by atoms with Gasteiger partial charge in [-0.05, 0) is 43.5 Å². The Morgan fingerprint density at radius 2 is 1.90 bits per heavy atom. The van der Waals surface area contributed by atoms with Crippen molar-refractivity contribution in [1.82, 2.24) is 24.6 Å². The topological polar surface area (TPSA) is 89.8 Å². The van der Waals surface area contributed by atoms with Gasteiger partial charge >= 0.3 is 0 Å². The molecule has 0 spiro atoms. The minimum Gasteiger partial charge on any atom is -0.382 e. The predicted octanol–water partition coefficient (Wildman–Crippen LogP) is 1.52. The van der Waals surface area contributed by atoms with Gasteiger partial charge in [-0.15, -0.1) is 0 Å². The van der Waals surface area contributed by atoms with Gasteiger partial charge in [0.05, 0.1) is 19.3 Å². The zero-order valence-corrected chi connectivity index (χ0v) is 18.0. The molecule has 4 rings (SSSR count).